The van der Waals surface area contributed by atoms with E-state index in [1.807, 2.05) is 29.2 Å². The van der Waals surface area contributed by atoms with Crippen LogP contribution in [0.1, 0.15) is 36.3 Å². The molecule has 2 amide bonds. The average Bonchev–Trinajstić information content (AvgIpc) is 3.30. The molecule has 0 bridgehead atoms. The normalized spacial score (nSPS) is 13.0. The van der Waals surface area contributed by atoms with Crippen molar-refractivity contribution in [3.8, 4) is 11.5 Å². The van der Waals surface area contributed by atoms with E-state index >= 15 is 0 Å². The standard InChI is InChI=1S/C23H25N5O3/c29-20(10-11-21-26-23(27-31-21)19-8-3-4-13-24-19)25-14-5-9-22(30)28-15-12-17-6-1-2-7-18(17)16-28/h1-4,6-8,13H,5,9-12,14-16H2,(H,25,29). The Bertz CT molecular complexity index is 1030. The lowest BCUT2D eigenvalue weighted by Gasteiger charge is -2.29. The van der Waals surface area contributed by atoms with Crippen molar-refractivity contribution in [3.63, 3.8) is 0 Å². The first-order valence-corrected chi connectivity index (χ1v) is 10.5. The molecule has 2 aromatic heterocycles. The molecule has 0 spiro atoms. The zero-order chi connectivity index (χ0) is 21.5. The number of carbonyl (C=O) groups excluding carboxylic acids is 2. The molecule has 0 radical (unpaired) electrons. The largest absolute Gasteiger partial charge is 0.356 e. The summed E-state index contributed by atoms with van der Waals surface area (Å²) in [5.74, 6) is 0.847. The average molecular weight is 419 g/mol. The van der Waals surface area contributed by atoms with Crippen LogP contribution in [0.4, 0.5) is 0 Å². The predicted octanol–water partition coefficient (Wildman–Crippen LogP) is 2.55. The van der Waals surface area contributed by atoms with Gasteiger partial charge in [-0.05, 0) is 36.1 Å². The Hall–Kier alpha value is -3.55. The van der Waals surface area contributed by atoms with E-state index in [-0.39, 0.29) is 18.2 Å². The van der Waals surface area contributed by atoms with Crippen LogP contribution in [0.2, 0.25) is 0 Å². The molecule has 3 heterocycles. The van der Waals surface area contributed by atoms with Gasteiger partial charge >= 0.3 is 0 Å². The van der Waals surface area contributed by atoms with E-state index in [0.717, 1.165) is 13.0 Å². The van der Waals surface area contributed by atoms with Gasteiger partial charge in [-0.3, -0.25) is 14.6 Å². The first kappa shape index (κ1) is 20.7. The molecule has 160 valence electrons. The van der Waals surface area contributed by atoms with E-state index in [2.05, 4.69) is 32.6 Å². The monoisotopic (exact) mass is 419 g/mol. The first-order chi connectivity index (χ1) is 15.2. The Labute approximate surface area is 180 Å². The molecule has 0 aliphatic carbocycles. The van der Waals surface area contributed by atoms with Crippen molar-refractivity contribution < 1.29 is 14.1 Å². The number of nitrogens with one attached hydrogen (secondary N) is 1. The molecule has 31 heavy (non-hydrogen) atoms. The molecule has 3 aromatic rings. The first-order valence-electron chi connectivity index (χ1n) is 10.5. The summed E-state index contributed by atoms with van der Waals surface area (Å²) in [6.45, 7) is 1.90. The van der Waals surface area contributed by atoms with Gasteiger partial charge in [0, 0.05) is 45.1 Å². The van der Waals surface area contributed by atoms with Crippen molar-refractivity contribution in [2.24, 2.45) is 0 Å². The van der Waals surface area contributed by atoms with Crippen LogP contribution in [0.15, 0.2) is 53.2 Å². The zero-order valence-corrected chi connectivity index (χ0v) is 17.3. The van der Waals surface area contributed by atoms with Crippen LogP contribution in [-0.2, 0) is 29.0 Å². The quantitative estimate of drug-likeness (QED) is 0.563. The topological polar surface area (TPSA) is 101 Å². The number of amides is 2. The molecule has 0 atom stereocenters. The van der Waals surface area contributed by atoms with Gasteiger partial charge < -0.3 is 14.7 Å². The fraction of sp³-hybridized carbons (Fsp3) is 0.348. The number of rotatable bonds is 8. The number of benzene rings is 1. The molecular weight excluding hydrogens is 394 g/mol. The van der Waals surface area contributed by atoms with Gasteiger partial charge in [0.1, 0.15) is 5.69 Å². The highest BCUT2D eigenvalue weighted by atomic mass is 16.5. The minimum atomic E-state index is -0.100. The van der Waals surface area contributed by atoms with Crippen molar-refractivity contribution >= 4 is 11.8 Å². The van der Waals surface area contributed by atoms with Gasteiger partial charge in [-0.25, -0.2) is 0 Å². The highest BCUT2D eigenvalue weighted by Gasteiger charge is 2.19. The number of aryl methyl sites for hydroxylation is 1. The van der Waals surface area contributed by atoms with Gasteiger partial charge in [0.05, 0.1) is 0 Å². The Morgan fingerprint density at radius 1 is 1.06 bits per heavy atom. The minimum absolute atomic E-state index is 0.100. The summed E-state index contributed by atoms with van der Waals surface area (Å²) in [7, 11) is 0. The number of hydrogen-bond donors (Lipinski definition) is 1. The van der Waals surface area contributed by atoms with Gasteiger partial charge in [-0.2, -0.15) is 4.98 Å². The molecule has 1 N–H and O–H groups in total. The summed E-state index contributed by atoms with van der Waals surface area (Å²) < 4.78 is 5.19. The van der Waals surface area contributed by atoms with Crippen molar-refractivity contribution in [2.45, 2.75) is 38.6 Å². The molecule has 1 aliphatic rings. The maximum absolute atomic E-state index is 12.5. The van der Waals surface area contributed by atoms with E-state index in [1.165, 1.54) is 11.1 Å². The highest BCUT2D eigenvalue weighted by Crippen LogP contribution is 2.19. The van der Waals surface area contributed by atoms with E-state index < -0.39 is 0 Å². The van der Waals surface area contributed by atoms with E-state index in [4.69, 9.17) is 4.52 Å². The summed E-state index contributed by atoms with van der Waals surface area (Å²) >= 11 is 0. The summed E-state index contributed by atoms with van der Waals surface area (Å²) in [6.07, 6.45) is 4.22. The third-order valence-corrected chi connectivity index (χ3v) is 5.30. The number of pyridine rings is 1. The van der Waals surface area contributed by atoms with Crippen molar-refractivity contribution in [2.75, 3.05) is 13.1 Å². The molecule has 0 unspecified atom stereocenters. The van der Waals surface area contributed by atoms with Crippen LogP contribution in [0.5, 0.6) is 0 Å². The number of aromatic nitrogens is 3. The molecule has 0 fully saturated rings. The lowest BCUT2D eigenvalue weighted by molar-refractivity contribution is -0.132. The fourth-order valence-electron chi connectivity index (χ4n) is 3.60. The Morgan fingerprint density at radius 3 is 2.74 bits per heavy atom. The Kier molecular flexibility index (Phi) is 6.66. The number of fused-ring (bicyclic) bond motifs is 1. The third-order valence-electron chi connectivity index (χ3n) is 5.30. The van der Waals surface area contributed by atoms with E-state index in [0.29, 0.717) is 49.8 Å². The lowest BCUT2D eigenvalue weighted by Crippen LogP contribution is -2.36. The van der Waals surface area contributed by atoms with Crippen LogP contribution in [0.25, 0.3) is 11.5 Å². The van der Waals surface area contributed by atoms with E-state index in [1.54, 1.807) is 12.3 Å². The molecule has 0 saturated carbocycles. The van der Waals surface area contributed by atoms with Crippen LogP contribution in [0.3, 0.4) is 0 Å². The van der Waals surface area contributed by atoms with E-state index in [9.17, 15) is 9.59 Å². The maximum Gasteiger partial charge on any atom is 0.227 e. The summed E-state index contributed by atoms with van der Waals surface area (Å²) in [4.78, 5) is 34.9. The summed E-state index contributed by atoms with van der Waals surface area (Å²) in [6, 6.07) is 13.7. The molecule has 1 aromatic carbocycles. The van der Waals surface area contributed by atoms with Crippen LogP contribution in [0, 0.1) is 0 Å². The second-order valence-electron chi connectivity index (χ2n) is 7.51. The fourth-order valence-corrected chi connectivity index (χ4v) is 3.60. The third kappa shape index (κ3) is 5.53. The van der Waals surface area contributed by atoms with Crippen LogP contribution >= 0.6 is 0 Å². The second-order valence-corrected chi connectivity index (χ2v) is 7.51. The zero-order valence-electron chi connectivity index (χ0n) is 17.3. The summed E-state index contributed by atoms with van der Waals surface area (Å²) in [5.41, 5.74) is 3.18. The van der Waals surface area contributed by atoms with Crippen LogP contribution < -0.4 is 5.32 Å². The highest BCUT2D eigenvalue weighted by molar-refractivity contribution is 5.77. The number of hydrogen-bond acceptors (Lipinski definition) is 6. The van der Waals surface area contributed by atoms with Crippen LogP contribution in [-0.4, -0.2) is 44.9 Å². The number of nitrogens with zero attached hydrogens (tertiary/aromatic N) is 4. The number of carbonyl (C=O) groups is 2. The van der Waals surface area contributed by atoms with Gasteiger partial charge in [0.2, 0.25) is 23.5 Å². The molecule has 8 heteroatoms. The smallest absolute Gasteiger partial charge is 0.227 e. The predicted molar refractivity (Wildman–Crippen MR) is 114 cm³/mol. The second kappa shape index (κ2) is 9.97. The Balaban J connectivity index is 1.14. The van der Waals surface area contributed by atoms with Crippen molar-refractivity contribution in [1.82, 2.24) is 25.3 Å². The Morgan fingerprint density at radius 2 is 1.90 bits per heavy atom. The van der Waals surface area contributed by atoms with Gasteiger partial charge in [0.15, 0.2) is 0 Å². The molecule has 0 saturated heterocycles. The minimum Gasteiger partial charge on any atom is -0.356 e. The molecule has 4 rings (SSSR count). The molecule has 8 nitrogen and oxygen atoms in total. The van der Waals surface area contributed by atoms with Gasteiger partial charge in [-0.15, -0.1) is 0 Å². The lowest BCUT2D eigenvalue weighted by atomic mass is 9.99. The van der Waals surface area contributed by atoms with Crippen molar-refractivity contribution in [3.05, 3.63) is 65.7 Å². The molecular formula is C23H25N5O3. The van der Waals surface area contributed by atoms with Gasteiger partial charge in [0.25, 0.3) is 0 Å². The van der Waals surface area contributed by atoms with Gasteiger partial charge in [-0.1, -0.05) is 35.5 Å². The van der Waals surface area contributed by atoms with Crippen molar-refractivity contribution in [1.29, 1.82) is 0 Å². The maximum atomic E-state index is 12.5. The molecule has 1 aliphatic heterocycles. The summed E-state index contributed by atoms with van der Waals surface area (Å²) in [5, 5.41) is 6.75. The SMILES string of the molecule is O=C(CCc1nc(-c2ccccn2)no1)NCCCC(=O)N1CCc2ccccc2C1.